The molecule has 0 aromatic carbocycles. The van der Waals surface area contributed by atoms with Crippen LogP contribution in [0.2, 0.25) is 0 Å². The summed E-state index contributed by atoms with van der Waals surface area (Å²) in [6.45, 7) is 6.02. The summed E-state index contributed by atoms with van der Waals surface area (Å²) in [5.74, 6) is 0.315. The van der Waals surface area contributed by atoms with Crippen molar-refractivity contribution in [3.8, 4) is 0 Å². The number of fused-ring (bicyclic) bond motifs is 1. The Morgan fingerprint density at radius 1 is 1.27 bits per heavy atom. The first-order valence-corrected chi connectivity index (χ1v) is 10.5. The number of H-pyrrole nitrogens is 1. The lowest BCUT2D eigenvalue weighted by atomic mass is 9.97. The van der Waals surface area contributed by atoms with Gasteiger partial charge in [0.2, 0.25) is 11.0 Å². The molecule has 0 fully saturated rings. The van der Waals surface area contributed by atoms with E-state index in [1.54, 1.807) is 6.92 Å². The standard InChI is InChI=1S/C17H23N5O2S2/c1-9(2)8-13-21-22-17(26-13)19-14(23)10(3)25-16-18-12-7-5-4-6-11(12)15(24)20-16/h9-10H,4-8H2,1-3H3,(H,18,20,24)(H,19,22,23)/t10-/m0/s1. The first kappa shape index (κ1) is 19.0. The second-order valence-electron chi connectivity index (χ2n) is 6.85. The Balaban J connectivity index is 1.63. The fraction of sp³-hybridized carbons (Fsp3) is 0.588. The summed E-state index contributed by atoms with van der Waals surface area (Å²) in [7, 11) is 0. The van der Waals surface area contributed by atoms with E-state index >= 15 is 0 Å². The van der Waals surface area contributed by atoms with Crippen molar-refractivity contribution in [3.05, 3.63) is 26.6 Å². The van der Waals surface area contributed by atoms with Crippen LogP contribution in [0.3, 0.4) is 0 Å². The maximum atomic E-state index is 12.4. The van der Waals surface area contributed by atoms with Crippen molar-refractivity contribution < 1.29 is 4.79 Å². The van der Waals surface area contributed by atoms with Crippen LogP contribution in [0, 0.1) is 5.92 Å². The average molecular weight is 394 g/mol. The number of anilines is 1. The van der Waals surface area contributed by atoms with Crippen LogP contribution in [0.25, 0.3) is 0 Å². The van der Waals surface area contributed by atoms with Crippen molar-refractivity contribution >= 4 is 34.1 Å². The highest BCUT2D eigenvalue weighted by Crippen LogP contribution is 2.24. The van der Waals surface area contributed by atoms with E-state index in [1.165, 1.54) is 23.1 Å². The van der Waals surface area contributed by atoms with Crippen molar-refractivity contribution in [1.82, 2.24) is 20.2 Å². The fourth-order valence-electron chi connectivity index (χ4n) is 2.80. The van der Waals surface area contributed by atoms with Crippen molar-refractivity contribution in [2.75, 3.05) is 5.32 Å². The minimum atomic E-state index is -0.405. The molecular weight excluding hydrogens is 370 g/mol. The SMILES string of the molecule is CC(C)Cc1nnc(NC(=O)[C@H](C)Sc2nc3c(c(=O)[nH]2)CCCC3)s1. The molecule has 1 atom stereocenters. The second kappa shape index (κ2) is 8.30. The Morgan fingerprint density at radius 2 is 2.04 bits per heavy atom. The highest BCUT2D eigenvalue weighted by molar-refractivity contribution is 8.00. The number of amides is 1. The first-order chi connectivity index (χ1) is 12.4. The van der Waals surface area contributed by atoms with Crippen LogP contribution in [0.5, 0.6) is 0 Å². The molecule has 0 spiro atoms. The molecule has 2 N–H and O–H groups in total. The molecule has 0 aliphatic heterocycles. The van der Waals surface area contributed by atoms with Gasteiger partial charge in [0.1, 0.15) is 5.01 Å². The number of nitrogens with one attached hydrogen (secondary N) is 2. The lowest BCUT2D eigenvalue weighted by molar-refractivity contribution is -0.115. The van der Waals surface area contributed by atoms with Gasteiger partial charge < -0.3 is 4.98 Å². The van der Waals surface area contributed by atoms with Crippen LogP contribution >= 0.6 is 23.1 Å². The highest BCUT2D eigenvalue weighted by Gasteiger charge is 2.20. The van der Waals surface area contributed by atoms with E-state index in [0.717, 1.165) is 48.4 Å². The molecule has 0 saturated carbocycles. The molecule has 0 radical (unpaired) electrons. The normalized spacial score (nSPS) is 14.9. The predicted molar refractivity (Wildman–Crippen MR) is 104 cm³/mol. The summed E-state index contributed by atoms with van der Waals surface area (Å²) in [5, 5.41) is 12.4. The summed E-state index contributed by atoms with van der Waals surface area (Å²) in [4.78, 5) is 31.9. The topological polar surface area (TPSA) is 101 Å². The van der Waals surface area contributed by atoms with Crippen molar-refractivity contribution in [2.45, 2.75) is 63.3 Å². The zero-order valence-electron chi connectivity index (χ0n) is 15.2. The summed E-state index contributed by atoms with van der Waals surface area (Å²) < 4.78 is 0. The molecule has 1 aliphatic rings. The molecule has 2 aromatic heterocycles. The molecule has 0 unspecified atom stereocenters. The molecule has 2 heterocycles. The van der Waals surface area contributed by atoms with E-state index < -0.39 is 5.25 Å². The van der Waals surface area contributed by atoms with E-state index in [2.05, 4.69) is 39.3 Å². The first-order valence-electron chi connectivity index (χ1n) is 8.84. The minimum absolute atomic E-state index is 0.0766. The monoisotopic (exact) mass is 393 g/mol. The number of thioether (sulfide) groups is 1. The Bertz CT molecular complexity index is 846. The summed E-state index contributed by atoms with van der Waals surface area (Å²) >= 11 is 2.65. The molecule has 1 amide bonds. The molecule has 2 aromatic rings. The van der Waals surface area contributed by atoms with Crippen LogP contribution in [-0.4, -0.2) is 31.3 Å². The predicted octanol–water partition coefficient (Wildman–Crippen LogP) is 2.82. The Labute approximate surface area is 160 Å². The number of aryl methyl sites for hydroxylation is 1. The van der Waals surface area contributed by atoms with Crippen LogP contribution in [0.4, 0.5) is 5.13 Å². The molecular formula is C17H23N5O2S2. The molecule has 1 aliphatic carbocycles. The quantitative estimate of drug-likeness (QED) is 0.578. The molecule has 26 heavy (non-hydrogen) atoms. The van der Waals surface area contributed by atoms with Crippen LogP contribution in [-0.2, 0) is 24.1 Å². The number of hydrogen-bond donors (Lipinski definition) is 2. The van der Waals surface area contributed by atoms with Crippen LogP contribution < -0.4 is 10.9 Å². The Morgan fingerprint density at radius 3 is 2.81 bits per heavy atom. The van der Waals surface area contributed by atoms with Gasteiger partial charge in [0, 0.05) is 12.0 Å². The largest absolute Gasteiger partial charge is 0.301 e. The number of hydrogen-bond acceptors (Lipinski definition) is 7. The van der Waals surface area contributed by atoms with E-state index in [-0.39, 0.29) is 11.5 Å². The molecule has 140 valence electrons. The average Bonchev–Trinajstić information content (AvgIpc) is 3.01. The smallest absolute Gasteiger partial charge is 0.254 e. The number of carbonyl (C=O) groups excluding carboxylic acids is 1. The molecule has 3 rings (SSSR count). The van der Waals surface area contributed by atoms with Crippen LogP contribution in [0.1, 0.15) is 49.9 Å². The molecule has 9 heteroatoms. The van der Waals surface area contributed by atoms with E-state index in [4.69, 9.17) is 0 Å². The third-order valence-corrected chi connectivity index (χ3v) is 5.95. The van der Waals surface area contributed by atoms with Crippen LogP contribution in [0.15, 0.2) is 9.95 Å². The number of rotatable bonds is 6. The minimum Gasteiger partial charge on any atom is -0.301 e. The van der Waals surface area contributed by atoms with Gasteiger partial charge in [-0.3, -0.25) is 14.9 Å². The maximum absolute atomic E-state index is 12.4. The Hall–Kier alpha value is -1.74. The van der Waals surface area contributed by atoms with Gasteiger partial charge in [-0.15, -0.1) is 10.2 Å². The van der Waals surface area contributed by atoms with Crippen molar-refractivity contribution in [3.63, 3.8) is 0 Å². The second-order valence-corrected chi connectivity index (χ2v) is 9.24. The number of carbonyl (C=O) groups is 1. The molecule has 0 bridgehead atoms. The summed E-state index contributed by atoms with van der Waals surface area (Å²) in [6.07, 6.45) is 4.55. The number of aromatic amines is 1. The van der Waals surface area contributed by atoms with Gasteiger partial charge in [-0.2, -0.15) is 0 Å². The van der Waals surface area contributed by atoms with Gasteiger partial charge in [0.05, 0.1) is 10.9 Å². The number of aromatic nitrogens is 4. The van der Waals surface area contributed by atoms with Gasteiger partial charge in [-0.1, -0.05) is 36.9 Å². The molecule has 0 saturated heterocycles. The van der Waals surface area contributed by atoms with Gasteiger partial charge in [0.15, 0.2) is 5.16 Å². The summed E-state index contributed by atoms with van der Waals surface area (Å²) in [5.41, 5.74) is 1.59. The van der Waals surface area contributed by atoms with Crippen molar-refractivity contribution in [2.24, 2.45) is 5.92 Å². The zero-order chi connectivity index (χ0) is 18.7. The Kier molecular flexibility index (Phi) is 6.08. The number of nitrogens with zero attached hydrogens (tertiary/aromatic N) is 3. The van der Waals surface area contributed by atoms with Gasteiger partial charge in [-0.25, -0.2) is 4.98 Å². The zero-order valence-corrected chi connectivity index (χ0v) is 16.8. The van der Waals surface area contributed by atoms with Gasteiger partial charge >= 0.3 is 0 Å². The lowest BCUT2D eigenvalue weighted by Gasteiger charge is -2.15. The van der Waals surface area contributed by atoms with Crippen molar-refractivity contribution in [1.29, 1.82) is 0 Å². The third kappa shape index (κ3) is 4.70. The van der Waals surface area contributed by atoms with E-state index in [0.29, 0.717) is 16.2 Å². The highest BCUT2D eigenvalue weighted by atomic mass is 32.2. The van der Waals surface area contributed by atoms with Gasteiger partial charge in [0.25, 0.3) is 5.56 Å². The maximum Gasteiger partial charge on any atom is 0.254 e. The van der Waals surface area contributed by atoms with E-state index in [1.807, 2.05) is 0 Å². The third-order valence-electron chi connectivity index (χ3n) is 4.11. The van der Waals surface area contributed by atoms with Gasteiger partial charge in [-0.05, 0) is 38.5 Å². The molecule has 7 nitrogen and oxygen atoms in total. The lowest BCUT2D eigenvalue weighted by Crippen LogP contribution is -2.25. The summed E-state index contributed by atoms with van der Waals surface area (Å²) in [6, 6.07) is 0. The van der Waals surface area contributed by atoms with E-state index in [9.17, 15) is 9.59 Å². The fourth-order valence-corrected chi connectivity index (χ4v) is 4.57.